The Kier molecular flexibility index (Phi) is 6.22. The van der Waals surface area contributed by atoms with Crippen molar-refractivity contribution < 1.29 is 14.2 Å². The van der Waals surface area contributed by atoms with Crippen LogP contribution in [0, 0.1) is 0 Å². The van der Waals surface area contributed by atoms with E-state index in [9.17, 15) is 0 Å². The standard InChI is InChI=1S/C15H23NO3/c1-6-11(10-16-2)7-12-8-14(18-4)15(19-5)9-13(12)17-3/h7-9,16H,6,10H2,1-5H3. The topological polar surface area (TPSA) is 39.7 Å². The molecule has 0 spiro atoms. The molecule has 1 aromatic rings. The largest absolute Gasteiger partial charge is 0.496 e. The molecule has 0 aliphatic rings. The number of benzene rings is 1. The molecule has 0 aliphatic heterocycles. The van der Waals surface area contributed by atoms with Gasteiger partial charge in [0.1, 0.15) is 5.75 Å². The monoisotopic (exact) mass is 265 g/mol. The third-order valence-electron chi connectivity index (χ3n) is 2.95. The summed E-state index contributed by atoms with van der Waals surface area (Å²) in [6, 6.07) is 3.78. The summed E-state index contributed by atoms with van der Waals surface area (Å²) in [5, 5.41) is 3.16. The molecular weight excluding hydrogens is 242 g/mol. The van der Waals surface area contributed by atoms with E-state index in [1.54, 1.807) is 21.3 Å². The lowest BCUT2D eigenvalue weighted by Crippen LogP contribution is -2.09. The van der Waals surface area contributed by atoms with Crippen molar-refractivity contribution in [1.82, 2.24) is 5.32 Å². The Labute approximate surface area is 115 Å². The smallest absolute Gasteiger partial charge is 0.164 e. The zero-order chi connectivity index (χ0) is 14.3. The molecule has 4 heteroatoms. The first-order chi connectivity index (χ1) is 9.19. The van der Waals surface area contributed by atoms with Crippen molar-refractivity contribution in [1.29, 1.82) is 0 Å². The molecule has 4 nitrogen and oxygen atoms in total. The van der Waals surface area contributed by atoms with Crippen LogP contribution in [0.3, 0.4) is 0 Å². The molecule has 1 aromatic carbocycles. The van der Waals surface area contributed by atoms with Gasteiger partial charge in [0, 0.05) is 18.2 Å². The Morgan fingerprint density at radius 3 is 2.11 bits per heavy atom. The molecule has 0 saturated heterocycles. The second-order valence-electron chi connectivity index (χ2n) is 4.14. The minimum atomic E-state index is 0.670. The fourth-order valence-corrected chi connectivity index (χ4v) is 1.89. The molecular formula is C15H23NO3. The summed E-state index contributed by atoms with van der Waals surface area (Å²) >= 11 is 0. The van der Waals surface area contributed by atoms with Gasteiger partial charge in [-0.15, -0.1) is 0 Å². The first-order valence-electron chi connectivity index (χ1n) is 6.34. The highest BCUT2D eigenvalue weighted by Crippen LogP contribution is 2.35. The summed E-state index contributed by atoms with van der Waals surface area (Å²) < 4.78 is 16.0. The van der Waals surface area contributed by atoms with Crippen molar-refractivity contribution in [2.45, 2.75) is 13.3 Å². The SMILES string of the molecule is CCC(=Cc1cc(OC)c(OC)cc1OC)CNC. The molecule has 0 amide bonds. The van der Waals surface area contributed by atoms with E-state index in [-0.39, 0.29) is 0 Å². The van der Waals surface area contributed by atoms with Gasteiger partial charge in [-0.3, -0.25) is 0 Å². The third-order valence-corrected chi connectivity index (χ3v) is 2.95. The van der Waals surface area contributed by atoms with E-state index >= 15 is 0 Å². The molecule has 0 aliphatic carbocycles. The van der Waals surface area contributed by atoms with Crippen LogP contribution >= 0.6 is 0 Å². The van der Waals surface area contributed by atoms with Crippen LogP contribution in [0.15, 0.2) is 17.7 Å². The van der Waals surface area contributed by atoms with Crippen molar-refractivity contribution >= 4 is 6.08 Å². The fourth-order valence-electron chi connectivity index (χ4n) is 1.89. The molecule has 0 fully saturated rings. The van der Waals surface area contributed by atoms with Gasteiger partial charge in [-0.05, 0) is 19.5 Å². The molecule has 0 bridgehead atoms. The first kappa shape index (κ1) is 15.4. The van der Waals surface area contributed by atoms with Crippen LogP contribution < -0.4 is 19.5 Å². The molecule has 0 heterocycles. The van der Waals surface area contributed by atoms with Crippen molar-refractivity contribution in [2.24, 2.45) is 0 Å². The fraction of sp³-hybridized carbons (Fsp3) is 0.467. The average Bonchev–Trinajstić information content (AvgIpc) is 2.45. The van der Waals surface area contributed by atoms with Crippen LogP contribution in [-0.2, 0) is 0 Å². The lowest BCUT2D eigenvalue weighted by atomic mass is 10.1. The first-order valence-corrected chi connectivity index (χ1v) is 6.34. The van der Waals surface area contributed by atoms with Crippen LogP contribution in [0.25, 0.3) is 6.08 Å². The molecule has 0 saturated carbocycles. The zero-order valence-electron chi connectivity index (χ0n) is 12.4. The van der Waals surface area contributed by atoms with E-state index in [0.717, 1.165) is 24.3 Å². The predicted molar refractivity (Wildman–Crippen MR) is 78.3 cm³/mol. The summed E-state index contributed by atoms with van der Waals surface area (Å²) in [4.78, 5) is 0. The van der Waals surface area contributed by atoms with Gasteiger partial charge in [-0.25, -0.2) is 0 Å². The summed E-state index contributed by atoms with van der Waals surface area (Å²) in [6.07, 6.45) is 3.11. The van der Waals surface area contributed by atoms with E-state index in [1.165, 1.54) is 5.57 Å². The molecule has 0 atom stereocenters. The van der Waals surface area contributed by atoms with Gasteiger partial charge in [0.15, 0.2) is 11.5 Å². The molecule has 1 N–H and O–H groups in total. The van der Waals surface area contributed by atoms with E-state index in [1.807, 2.05) is 19.2 Å². The van der Waals surface area contributed by atoms with Crippen LogP contribution in [-0.4, -0.2) is 34.9 Å². The number of ether oxygens (including phenoxy) is 3. The highest BCUT2D eigenvalue weighted by atomic mass is 16.5. The number of hydrogen-bond donors (Lipinski definition) is 1. The van der Waals surface area contributed by atoms with Gasteiger partial charge in [0.05, 0.1) is 21.3 Å². The Morgan fingerprint density at radius 2 is 1.63 bits per heavy atom. The van der Waals surface area contributed by atoms with Crippen LogP contribution in [0.5, 0.6) is 17.2 Å². The number of nitrogens with one attached hydrogen (secondary N) is 1. The van der Waals surface area contributed by atoms with E-state index in [0.29, 0.717) is 11.5 Å². The lowest BCUT2D eigenvalue weighted by molar-refractivity contribution is 0.348. The maximum atomic E-state index is 5.41. The molecule has 0 radical (unpaired) electrons. The molecule has 0 unspecified atom stereocenters. The normalized spacial score (nSPS) is 11.3. The van der Waals surface area contributed by atoms with Gasteiger partial charge in [-0.2, -0.15) is 0 Å². The van der Waals surface area contributed by atoms with Crippen LogP contribution in [0.2, 0.25) is 0 Å². The average molecular weight is 265 g/mol. The maximum Gasteiger partial charge on any atom is 0.164 e. The lowest BCUT2D eigenvalue weighted by Gasteiger charge is -2.13. The zero-order valence-corrected chi connectivity index (χ0v) is 12.4. The Balaban J connectivity index is 3.24. The van der Waals surface area contributed by atoms with Gasteiger partial charge in [-0.1, -0.05) is 18.6 Å². The molecule has 106 valence electrons. The Bertz CT molecular complexity index is 441. The van der Waals surface area contributed by atoms with Gasteiger partial charge in [0.2, 0.25) is 0 Å². The predicted octanol–water partition coefficient (Wildman–Crippen LogP) is 2.73. The van der Waals surface area contributed by atoms with Crippen molar-refractivity contribution in [3.05, 3.63) is 23.3 Å². The number of hydrogen-bond acceptors (Lipinski definition) is 4. The second-order valence-corrected chi connectivity index (χ2v) is 4.14. The number of methoxy groups -OCH3 is 3. The van der Waals surface area contributed by atoms with Crippen molar-refractivity contribution in [3.8, 4) is 17.2 Å². The molecule has 19 heavy (non-hydrogen) atoms. The molecule has 0 aromatic heterocycles. The van der Waals surface area contributed by atoms with Crippen molar-refractivity contribution in [3.63, 3.8) is 0 Å². The number of likely N-dealkylation sites (N-methyl/N-ethyl adjacent to an activating group) is 1. The van der Waals surface area contributed by atoms with Gasteiger partial charge in [0.25, 0.3) is 0 Å². The minimum Gasteiger partial charge on any atom is -0.496 e. The van der Waals surface area contributed by atoms with Crippen LogP contribution in [0.4, 0.5) is 0 Å². The highest BCUT2D eigenvalue weighted by Gasteiger charge is 2.10. The van der Waals surface area contributed by atoms with Gasteiger partial charge < -0.3 is 19.5 Å². The number of rotatable bonds is 7. The van der Waals surface area contributed by atoms with E-state index < -0.39 is 0 Å². The highest BCUT2D eigenvalue weighted by molar-refractivity contribution is 5.65. The summed E-state index contributed by atoms with van der Waals surface area (Å²) in [5.41, 5.74) is 2.29. The molecule has 1 rings (SSSR count). The van der Waals surface area contributed by atoms with Gasteiger partial charge >= 0.3 is 0 Å². The minimum absolute atomic E-state index is 0.670. The quantitative estimate of drug-likeness (QED) is 0.823. The van der Waals surface area contributed by atoms with E-state index in [2.05, 4.69) is 18.3 Å². The summed E-state index contributed by atoms with van der Waals surface area (Å²) in [5.74, 6) is 2.15. The Morgan fingerprint density at radius 1 is 1.05 bits per heavy atom. The Hall–Kier alpha value is -1.68. The third kappa shape index (κ3) is 3.89. The van der Waals surface area contributed by atoms with E-state index in [4.69, 9.17) is 14.2 Å². The maximum absolute atomic E-state index is 5.41. The summed E-state index contributed by atoms with van der Waals surface area (Å²) in [7, 11) is 6.84. The van der Waals surface area contributed by atoms with Crippen LogP contribution in [0.1, 0.15) is 18.9 Å². The summed E-state index contributed by atoms with van der Waals surface area (Å²) in [6.45, 7) is 2.99. The second kappa shape index (κ2) is 7.69. The van der Waals surface area contributed by atoms with Crippen molar-refractivity contribution in [2.75, 3.05) is 34.9 Å².